The number of aryl methyl sites for hydroxylation is 3. The smallest absolute Gasteiger partial charge is 0.254 e. The van der Waals surface area contributed by atoms with Crippen molar-refractivity contribution >= 4 is 28.3 Å². The van der Waals surface area contributed by atoms with E-state index in [2.05, 4.69) is 32.4 Å². The van der Waals surface area contributed by atoms with E-state index in [-0.39, 0.29) is 5.91 Å². The Kier molecular flexibility index (Phi) is 5.21. The van der Waals surface area contributed by atoms with Gasteiger partial charge in [0, 0.05) is 23.0 Å². The Morgan fingerprint density at radius 2 is 1.96 bits per heavy atom. The molecule has 1 aromatic carbocycles. The number of likely N-dealkylation sites (tertiary alicyclic amines) is 1. The van der Waals surface area contributed by atoms with Crippen LogP contribution in [-0.2, 0) is 6.42 Å². The number of amides is 1. The molecule has 1 atom stereocenters. The number of piperidine rings is 1. The summed E-state index contributed by atoms with van der Waals surface area (Å²) < 4.78 is 0. The molecule has 1 aliphatic heterocycles. The zero-order valence-corrected chi connectivity index (χ0v) is 16.8. The molecule has 1 fully saturated rings. The number of nitrogens with zero attached hydrogens (tertiary/aromatic N) is 3. The van der Waals surface area contributed by atoms with Crippen LogP contribution in [0.4, 0.5) is 0 Å². The first kappa shape index (κ1) is 18.1. The molecule has 5 heteroatoms. The summed E-state index contributed by atoms with van der Waals surface area (Å²) in [5.41, 5.74) is 4.23. The first-order chi connectivity index (χ1) is 13.1. The van der Waals surface area contributed by atoms with Crippen LogP contribution in [0.5, 0.6) is 0 Å². The van der Waals surface area contributed by atoms with E-state index in [0.717, 1.165) is 60.2 Å². The van der Waals surface area contributed by atoms with Crippen molar-refractivity contribution < 1.29 is 4.79 Å². The topological polar surface area (TPSA) is 46.1 Å². The molecule has 140 valence electrons. The maximum absolute atomic E-state index is 13.2. The van der Waals surface area contributed by atoms with Crippen LogP contribution in [0, 0.1) is 13.8 Å². The molecule has 0 aliphatic carbocycles. The Morgan fingerprint density at radius 1 is 1.15 bits per heavy atom. The van der Waals surface area contributed by atoms with Crippen LogP contribution in [0.3, 0.4) is 0 Å². The van der Waals surface area contributed by atoms with Gasteiger partial charge in [0.2, 0.25) is 0 Å². The SMILES string of the molecule is Cc1nc2ccc(C(=O)N3CCCCC3CCc3cccs3)cc2nc1C. The Morgan fingerprint density at radius 3 is 2.74 bits per heavy atom. The van der Waals surface area contributed by atoms with Crippen LogP contribution in [0.1, 0.15) is 52.3 Å². The molecule has 1 unspecified atom stereocenters. The molecule has 0 spiro atoms. The molecule has 0 radical (unpaired) electrons. The molecule has 4 rings (SSSR count). The number of thiophene rings is 1. The number of aromatic nitrogens is 2. The molecule has 3 aromatic rings. The van der Waals surface area contributed by atoms with E-state index < -0.39 is 0 Å². The van der Waals surface area contributed by atoms with Gasteiger partial charge in [0.25, 0.3) is 5.91 Å². The van der Waals surface area contributed by atoms with Crippen molar-refractivity contribution in [3.05, 3.63) is 57.5 Å². The Labute approximate surface area is 164 Å². The minimum Gasteiger partial charge on any atom is -0.336 e. The second-order valence-electron chi connectivity index (χ2n) is 7.36. The molecular weight excluding hydrogens is 354 g/mol. The minimum absolute atomic E-state index is 0.132. The van der Waals surface area contributed by atoms with E-state index >= 15 is 0 Å². The molecule has 1 aliphatic rings. The second-order valence-corrected chi connectivity index (χ2v) is 8.40. The number of fused-ring (bicyclic) bond motifs is 1. The van der Waals surface area contributed by atoms with Crippen LogP contribution in [-0.4, -0.2) is 33.4 Å². The lowest BCUT2D eigenvalue weighted by molar-refractivity contribution is 0.0602. The molecular formula is C22H25N3OS. The van der Waals surface area contributed by atoms with Gasteiger partial charge in [-0.25, -0.2) is 9.97 Å². The summed E-state index contributed by atoms with van der Waals surface area (Å²) in [7, 11) is 0. The fourth-order valence-electron chi connectivity index (χ4n) is 3.86. The predicted octanol–water partition coefficient (Wildman–Crippen LogP) is 4.94. The summed E-state index contributed by atoms with van der Waals surface area (Å²) in [6.45, 7) is 4.78. The average molecular weight is 380 g/mol. The average Bonchev–Trinajstić information content (AvgIpc) is 3.20. The van der Waals surface area contributed by atoms with Gasteiger partial charge in [0.05, 0.1) is 22.4 Å². The third-order valence-corrected chi connectivity index (χ3v) is 6.45. The summed E-state index contributed by atoms with van der Waals surface area (Å²) in [6, 6.07) is 10.3. The summed E-state index contributed by atoms with van der Waals surface area (Å²) in [5, 5.41) is 2.12. The van der Waals surface area contributed by atoms with Crippen molar-refractivity contribution in [1.82, 2.24) is 14.9 Å². The standard InChI is InChI=1S/C22H25N3OS/c1-15-16(2)24-21-14-17(8-11-20(21)23-15)22(26)25-12-4-3-6-18(25)9-10-19-7-5-13-27-19/h5,7-8,11,13-14,18H,3-4,6,9-10,12H2,1-2H3. The lowest BCUT2D eigenvalue weighted by atomic mass is 9.96. The van der Waals surface area contributed by atoms with Crippen LogP contribution in [0.25, 0.3) is 11.0 Å². The number of rotatable bonds is 4. The van der Waals surface area contributed by atoms with E-state index in [1.54, 1.807) is 11.3 Å². The minimum atomic E-state index is 0.132. The molecule has 1 saturated heterocycles. The summed E-state index contributed by atoms with van der Waals surface area (Å²) in [4.78, 5) is 25.9. The third kappa shape index (κ3) is 3.88. The van der Waals surface area contributed by atoms with Gasteiger partial charge in [-0.1, -0.05) is 6.07 Å². The molecule has 4 nitrogen and oxygen atoms in total. The van der Waals surface area contributed by atoms with Crippen molar-refractivity contribution in [2.75, 3.05) is 6.54 Å². The first-order valence-electron chi connectivity index (χ1n) is 9.70. The van der Waals surface area contributed by atoms with Gasteiger partial charge in [-0.3, -0.25) is 4.79 Å². The molecule has 0 bridgehead atoms. The van der Waals surface area contributed by atoms with Gasteiger partial charge in [-0.15, -0.1) is 11.3 Å². The molecule has 27 heavy (non-hydrogen) atoms. The summed E-state index contributed by atoms with van der Waals surface area (Å²) in [6.07, 6.45) is 5.49. The number of benzene rings is 1. The predicted molar refractivity (Wildman–Crippen MR) is 110 cm³/mol. The molecule has 0 N–H and O–H groups in total. The zero-order valence-electron chi connectivity index (χ0n) is 15.9. The quantitative estimate of drug-likeness (QED) is 0.645. The fraction of sp³-hybridized carbons (Fsp3) is 0.409. The van der Waals surface area contributed by atoms with E-state index in [9.17, 15) is 4.79 Å². The van der Waals surface area contributed by atoms with Crippen LogP contribution >= 0.6 is 11.3 Å². The first-order valence-corrected chi connectivity index (χ1v) is 10.6. The normalized spacial score (nSPS) is 17.4. The Hall–Kier alpha value is -2.27. The van der Waals surface area contributed by atoms with Gasteiger partial charge in [-0.2, -0.15) is 0 Å². The number of carbonyl (C=O) groups excluding carboxylic acids is 1. The Bertz CT molecular complexity index is 952. The van der Waals surface area contributed by atoms with E-state index in [1.807, 2.05) is 32.0 Å². The van der Waals surface area contributed by atoms with Gasteiger partial charge in [0.1, 0.15) is 0 Å². The molecule has 3 heterocycles. The molecule has 2 aromatic heterocycles. The van der Waals surface area contributed by atoms with Crippen LogP contribution < -0.4 is 0 Å². The van der Waals surface area contributed by atoms with Gasteiger partial charge in [-0.05, 0) is 75.6 Å². The highest BCUT2D eigenvalue weighted by Crippen LogP contribution is 2.25. The van der Waals surface area contributed by atoms with Crippen molar-refractivity contribution in [3.8, 4) is 0 Å². The van der Waals surface area contributed by atoms with Gasteiger partial charge >= 0.3 is 0 Å². The van der Waals surface area contributed by atoms with E-state index in [0.29, 0.717) is 6.04 Å². The lowest BCUT2D eigenvalue weighted by Gasteiger charge is -2.36. The monoisotopic (exact) mass is 379 g/mol. The zero-order chi connectivity index (χ0) is 18.8. The summed E-state index contributed by atoms with van der Waals surface area (Å²) in [5.74, 6) is 0.132. The van der Waals surface area contributed by atoms with Crippen molar-refractivity contribution in [3.63, 3.8) is 0 Å². The highest BCUT2D eigenvalue weighted by Gasteiger charge is 2.27. The summed E-state index contributed by atoms with van der Waals surface area (Å²) >= 11 is 1.80. The second kappa shape index (κ2) is 7.77. The van der Waals surface area contributed by atoms with E-state index in [1.165, 1.54) is 11.3 Å². The maximum Gasteiger partial charge on any atom is 0.254 e. The third-order valence-electron chi connectivity index (χ3n) is 5.51. The highest BCUT2D eigenvalue weighted by atomic mass is 32.1. The number of carbonyl (C=O) groups is 1. The maximum atomic E-state index is 13.2. The van der Waals surface area contributed by atoms with Crippen molar-refractivity contribution in [2.45, 2.75) is 52.0 Å². The van der Waals surface area contributed by atoms with Crippen LogP contribution in [0.15, 0.2) is 35.7 Å². The van der Waals surface area contributed by atoms with Crippen LogP contribution in [0.2, 0.25) is 0 Å². The fourth-order valence-corrected chi connectivity index (χ4v) is 4.59. The largest absolute Gasteiger partial charge is 0.336 e. The number of hydrogen-bond donors (Lipinski definition) is 0. The Balaban J connectivity index is 1.55. The molecule has 0 saturated carbocycles. The van der Waals surface area contributed by atoms with Gasteiger partial charge in [0.15, 0.2) is 0 Å². The van der Waals surface area contributed by atoms with E-state index in [4.69, 9.17) is 0 Å². The lowest BCUT2D eigenvalue weighted by Crippen LogP contribution is -2.44. The van der Waals surface area contributed by atoms with Crippen molar-refractivity contribution in [1.29, 1.82) is 0 Å². The highest BCUT2D eigenvalue weighted by molar-refractivity contribution is 7.09. The van der Waals surface area contributed by atoms with Crippen molar-refractivity contribution in [2.24, 2.45) is 0 Å². The molecule has 1 amide bonds. The van der Waals surface area contributed by atoms with Gasteiger partial charge < -0.3 is 4.90 Å². The number of hydrogen-bond acceptors (Lipinski definition) is 4.